The van der Waals surface area contributed by atoms with Gasteiger partial charge in [0.05, 0.1) is 6.54 Å². The highest BCUT2D eigenvalue weighted by Crippen LogP contribution is 2.26. The van der Waals surface area contributed by atoms with Crippen molar-refractivity contribution in [3.05, 3.63) is 47.3 Å². The molecule has 0 amide bonds. The minimum atomic E-state index is 0.559. The van der Waals surface area contributed by atoms with E-state index in [1.54, 1.807) is 0 Å². The highest BCUT2D eigenvalue weighted by Gasteiger charge is 2.12. The molecule has 0 bridgehead atoms. The van der Waals surface area contributed by atoms with E-state index in [-0.39, 0.29) is 0 Å². The maximum atomic E-state index is 5.86. The van der Waals surface area contributed by atoms with E-state index >= 15 is 0 Å². The van der Waals surface area contributed by atoms with Crippen LogP contribution in [0.5, 0.6) is 0 Å². The van der Waals surface area contributed by atoms with Crippen LogP contribution in [0.25, 0.3) is 11.0 Å². The van der Waals surface area contributed by atoms with Gasteiger partial charge in [0.1, 0.15) is 11.3 Å². The molecule has 0 aliphatic rings. The summed E-state index contributed by atoms with van der Waals surface area (Å²) in [4.78, 5) is 4.17. The minimum Gasteiger partial charge on any atom is -0.461 e. The zero-order chi connectivity index (χ0) is 13.9. The first-order chi connectivity index (χ1) is 9.78. The van der Waals surface area contributed by atoms with E-state index in [1.807, 2.05) is 25.1 Å². The second-order valence-electron chi connectivity index (χ2n) is 4.69. The lowest BCUT2D eigenvalue weighted by Crippen LogP contribution is -2.13. The molecular weight excluding hydrogens is 254 g/mol. The lowest BCUT2D eigenvalue weighted by Gasteiger charge is -2.02. The predicted molar refractivity (Wildman–Crippen MR) is 75.2 cm³/mol. The number of aryl methyl sites for hydroxylation is 2. The van der Waals surface area contributed by atoms with Gasteiger partial charge >= 0.3 is 0 Å². The molecule has 3 aromatic rings. The summed E-state index contributed by atoms with van der Waals surface area (Å²) in [5.74, 6) is 2.29. The van der Waals surface area contributed by atoms with Crippen LogP contribution in [0.4, 0.5) is 0 Å². The quantitative estimate of drug-likeness (QED) is 0.773. The molecule has 0 spiro atoms. The zero-order valence-electron chi connectivity index (χ0n) is 11.6. The van der Waals surface area contributed by atoms with Gasteiger partial charge in [0.15, 0.2) is 5.82 Å². The molecule has 1 N–H and O–H groups in total. The fourth-order valence-corrected chi connectivity index (χ4v) is 2.34. The van der Waals surface area contributed by atoms with Gasteiger partial charge in [0.2, 0.25) is 5.89 Å². The lowest BCUT2D eigenvalue weighted by molar-refractivity contribution is 0.364. The van der Waals surface area contributed by atoms with Gasteiger partial charge in [-0.3, -0.25) is 0 Å². The van der Waals surface area contributed by atoms with Gasteiger partial charge in [-0.05, 0) is 13.0 Å². The van der Waals surface area contributed by atoms with Gasteiger partial charge in [0.25, 0.3) is 0 Å². The summed E-state index contributed by atoms with van der Waals surface area (Å²) in [5, 5.41) is 8.26. The molecule has 104 valence electrons. The largest absolute Gasteiger partial charge is 0.461 e. The molecule has 0 atom stereocenters. The van der Waals surface area contributed by atoms with Crippen molar-refractivity contribution in [1.29, 1.82) is 0 Å². The standard InChI is InChI=1S/C15H17N3O2/c1-3-13-12(11-6-4-5-7-14(11)19-13)8-16-9-15-17-10(2)18-20-15/h4-7,16H,3,8-9H2,1-2H3. The zero-order valence-corrected chi connectivity index (χ0v) is 11.6. The van der Waals surface area contributed by atoms with E-state index in [2.05, 4.69) is 28.4 Å². The monoisotopic (exact) mass is 271 g/mol. The number of rotatable bonds is 5. The van der Waals surface area contributed by atoms with Crippen molar-refractivity contribution in [2.45, 2.75) is 33.4 Å². The summed E-state index contributed by atoms with van der Waals surface area (Å²) in [7, 11) is 0. The van der Waals surface area contributed by atoms with Crippen LogP contribution in [0, 0.1) is 6.92 Å². The van der Waals surface area contributed by atoms with Crippen molar-refractivity contribution < 1.29 is 8.94 Å². The molecule has 0 saturated carbocycles. The summed E-state index contributed by atoms with van der Waals surface area (Å²) < 4.78 is 10.9. The Morgan fingerprint density at radius 2 is 2.05 bits per heavy atom. The van der Waals surface area contributed by atoms with Crippen molar-refractivity contribution in [1.82, 2.24) is 15.5 Å². The second kappa shape index (κ2) is 5.46. The number of hydrogen-bond donors (Lipinski definition) is 1. The van der Waals surface area contributed by atoms with E-state index in [0.29, 0.717) is 18.3 Å². The molecule has 2 aromatic heterocycles. The molecule has 5 nitrogen and oxygen atoms in total. The minimum absolute atomic E-state index is 0.559. The molecule has 0 aliphatic carbocycles. The molecule has 0 fully saturated rings. The molecule has 2 heterocycles. The number of hydrogen-bond acceptors (Lipinski definition) is 5. The third kappa shape index (κ3) is 2.44. The summed E-state index contributed by atoms with van der Waals surface area (Å²) in [6, 6.07) is 8.11. The van der Waals surface area contributed by atoms with Crippen molar-refractivity contribution in [3.8, 4) is 0 Å². The lowest BCUT2D eigenvalue weighted by atomic mass is 10.1. The maximum absolute atomic E-state index is 5.86. The van der Waals surface area contributed by atoms with E-state index in [4.69, 9.17) is 8.94 Å². The van der Waals surface area contributed by atoms with Crippen LogP contribution < -0.4 is 5.32 Å². The predicted octanol–water partition coefficient (Wildman–Crippen LogP) is 2.98. The maximum Gasteiger partial charge on any atom is 0.240 e. The van der Waals surface area contributed by atoms with Crippen LogP contribution in [-0.4, -0.2) is 10.1 Å². The number of nitrogens with zero attached hydrogens (tertiary/aromatic N) is 2. The van der Waals surface area contributed by atoms with Gasteiger partial charge < -0.3 is 14.3 Å². The van der Waals surface area contributed by atoms with Crippen LogP contribution in [0.15, 0.2) is 33.2 Å². The van der Waals surface area contributed by atoms with Gasteiger partial charge in [-0.2, -0.15) is 4.98 Å². The Kier molecular flexibility index (Phi) is 3.52. The van der Waals surface area contributed by atoms with Gasteiger partial charge in [-0.15, -0.1) is 0 Å². The molecule has 0 aliphatic heterocycles. The fraction of sp³-hybridized carbons (Fsp3) is 0.333. The molecule has 3 rings (SSSR count). The first kappa shape index (κ1) is 12.9. The Balaban J connectivity index is 1.76. The Morgan fingerprint density at radius 3 is 2.80 bits per heavy atom. The van der Waals surface area contributed by atoms with E-state index in [9.17, 15) is 0 Å². The van der Waals surface area contributed by atoms with Crippen LogP contribution in [-0.2, 0) is 19.5 Å². The van der Waals surface area contributed by atoms with E-state index in [1.165, 1.54) is 10.9 Å². The van der Waals surface area contributed by atoms with E-state index in [0.717, 1.165) is 24.3 Å². The van der Waals surface area contributed by atoms with Crippen molar-refractivity contribution in [3.63, 3.8) is 0 Å². The Bertz CT molecular complexity index is 715. The molecule has 0 unspecified atom stereocenters. The molecular formula is C15H17N3O2. The highest BCUT2D eigenvalue weighted by molar-refractivity contribution is 5.82. The third-order valence-corrected chi connectivity index (χ3v) is 3.25. The van der Waals surface area contributed by atoms with E-state index < -0.39 is 0 Å². The summed E-state index contributed by atoms with van der Waals surface area (Å²) in [6.07, 6.45) is 0.880. The average Bonchev–Trinajstić information content (AvgIpc) is 3.03. The number of benzene rings is 1. The number of para-hydroxylation sites is 1. The number of aromatic nitrogens is 2. The summed E-state index contributed by atoms with van der Waals surface area (Å²) in [6.45, 7) is 5.19. The van der Waals surface area contributed by atoms with Gasteiger partial charge in [-0.25, -0.2) is 0 Å². The topological polar surface area (TPSA) is 64.1 Å². The van der Waals surface area contributed by atoms with Crippen molar-refractivity contribution in [2.24, 2.45) is 0 Å². The molecule has 1 aromatic carbocycles. The summed E-state index contributed by atoms with van der Waals surface area (Å²) in [5.41, 5.74) is 2.15. The third-order valence-electron chi connectivity index (χ3n) is 3.25. The van der Waals surface area contributed by atoms with Gasteiger partial charge in [-0.1, -0.05) is 30.3 Å². The van der Waals surface area contributed by atoms with Crippen molar-refractivity contribution >= 4 is 11.0 Å². The Hall–Kier alpha value is -2.14. The highest BCUT2D eigenvalue weighted by atomic mass is 16.5. The average molecular weight is 271 g/mol. The Labute approximate surface area is 117 Å². The van der Waals surface area contributed by atoms with Crippen LogP contribution in [0.1, 0.15) is 30.0 Å². The molecule has 20 heavy (non-hydrogen) atoms. The first-order valence-electron chi connectivity index (χ1n) is 6.77. The van der Waals surface area contributed by atoms with Gasteiger partial charge in [0, 0.05) is 23.9 Å². The van der Waals surface area contributed by atoms with Crippen LogP contribution in [0.2, 0.25) is 0 Å². The van der Waals surface area contributed by atoms with Crippen LogP contribution in [0.3, 0.4) is 0 Å². The second-order valence-corrected chi connectivity index (χ2v) is 4.69. The fourth-order valence-electron chi connectivity index (χ4n) is 2.34. The smallest absolute Gasteiger partial charge is 0.240 e. The summed E-state index contributed by atoms with van der Waals surface area (Å²) >= 11 is 0. The Morgan fingerprint density at radius 1 is 1.20 bits per heavy atom. The normalized spacial score (nSPS) is 11.3. The molecule has 0 radical (unpaired) electrons. The molecule has 0 saturated heterocycles. The number of fused-ring (bicyclic) bond motifs is 1. The first-order valence-corrected chi connectivity index (χ1v) is 6.77. The number of nitrogens with one attached hydrogen (secondary N) is 1. The number of furan rings is 1. The van der Waals surface area contributed by atoms with Crippen molar-refractivity contribution in [2.75, 3.05) is 0 Å². The van der Waals surface area contributed by atoms with Crippen LogP contribution >= 0.6 is 0 Å². The SMILES string of the molecule is CCc1oc2ccccc2c1CNCc1nc(C)no1. The molecule has 5 heteroatoms.